The molecule has 0 heterocycles. The second-order valence-electron chi connectivity index (χ2n) is 8.19. The molecular formula is C21H38O2S. The molecule has 1 rings (SSSR count). The van der Waals surface area contributed by atoms with Gasteiger partial charge in [0.1, 0.15) is 0 Å². The van der Waals surface area contributed by atoms with Crippen LogP contribution in [-0.4, -0.2) is 23.1 Å². The van der Waals surface area contributed by atoms with E-state index in [-0.39, 0.29) is 10.7 Å². The first-order chi connectivity index (χ1) is 11.3. The second kappa shape index (κ2) is 11.2. The first kappa shape index (κ1) is 21.6. The molecule has 1 aliphatic rings. The van der Waals surface area contributed by atoms with E-state index in [9.17, 15) is 4.79 Å². The maximum Gasteiger partial charge on any atom is 0.306 e. The monoisotopic (exact) mass is 354 g/mol. The number of rotatable bonds is 11. The van der Waals surface area contributed by atoms with E-state index in [0.29, 0.717) is 13.0 Å². The molecule has 0 amide bonds. The van der Waals surface area contributed by atoms with Gasteiger partial charge in [0.25, 0.3) is 0 Å². The number of allylic oxidation sites excluding steroid dienone is 2. The van der Waals surface area contributed by atoms with Crippen LogP contribution < -0.4 is 0 Å². The molecule has 2 nitrogen and oxygen atoms in total. The summed E-state index contributed by atoms with van der Waals surface area (Å²) in [6.45, 7) is 12.0. The maximum absolute atomic E-state index is 11.8. The van der Waals surface area contributed by atoms with Crippen molar-refractivity contribution in [2.75, 3.05) is 12.4 Å². The summed E-state index contributed by atoms with van der Waals surface area (Å²) in [6.07, 6.45) is 11.3. The molecule has 0 aromatic rings. The Morgan fingerprint density at radius 3 is 2.71 bits per heavy atom. The Morgan fingerprint density at radius 2 is 2.08 bits per heavy atom. The van der Waals surface area contributed by atoms with Crippen molar-refractivity contribution in [1.82, 2.24) is 0 Å². The summed E-state index contributed by atoms with van der Waals surface area (Å²) >= 11 is 1.94. The Bertz CT molecular complexity index is 399. The van der Waals surface area contributed by atoms with E-state index in [1.54, 1.807) is 0 Å². The van der Waals surface area contributed by atoms with Gasteiger partial charge in [-0.15, -0.1) is 0 Å². The first-order valence-electron chi connectivity index (χ1n) is 9.76. The Hall–Kier alpha value is -0.440. The van der Waals surface area contributed by atoms with Crippen LogP contribution in [0.15, 0.2) is 11.6 Å². The lowest BCUT2D eigenvalue weighted by Crippen LogP contribution is -2.29. The molecule has 0 fully saturated rings. The summed E-state index contributed by atoms with van der Waals surface area (Å²) in [7, 11) is 0. The molecular weight excluding hydrogens is 316 g/mol. The summed E-state index contributed by atoms with van der Waals surface area (Å²) in [4.78, 5) is 11.8. The topological polar surface area (TPSA) is 26.3 Å². The molecule has 140 valence electrons. The zero-order valence-electron chi connectivity index (χ0n) is 16.5. The van der Waals surface area contributed by atoms with Crippen molar-refractivity contribution in [2.24, 2.45) is 11.8 Å². The van der Waals surface area contributed by atoms with E-state index in [2.05, 4.69) is 40.7 Å². The largest absolute Gasteiger partial charge is 0.466 e. The van der Waals surface area contributed by atoms with Gasteiger partial charge in [-0.05, 0) is 44.4 Å². The Labute approximate surface area is 154 Å². The number of hydrogen-bond acceptors (Lipinski definition) is 3. The second-order valence-corrected chi connectivity index (χ2v) is 9.94. The smallest absolute Gasteiger partial charge is 0.306 e. The van der Waals surface area contributed by atoms with Crippen molar-refractivity contribution >= 4 is 17.7 Å². The Kier molecular flexibility index (Phi) is 10.1. The zero-order valence-corrected chi connectivity index (χ0v) is 17.3. The highest BCUT2D eigenvalue weighted by Crippen LogP contribution is 2.40. The third kappa shape index (κ3) is 9.15. The minimum atomic E-state index is -0.0263. The number of thioether (sulfide) groups is 1. The number of esters is 1. The lowest BCUT2D eigenvalue weighted by atomic mass is 9.82. The average molecular weight is 355 g/mol. The third-order valence-electron chi connectivity index (χ3n) is 5.09. The van der Waals surface area contributed by atoms with E-state index in [0.717, 1.165) is 24.0 Å². The standard InChI is InChI=1S/C21H38O2S/c1-17(2)9-7-6-8-15-23-20(22)14-16-24-21(4,5)19-12-10-18(3)11-13-19/h10,17,19H,6-9,11-16H2,1-5H3. The van der Waals surface area contributed by atoms with Gasteiger partial charge in [0.15, 0.2) is 0 Å². The Balaban J connectivity index is 2.09. The summed E-state index contributed by atoms with van der Waals surface area (Å²) < 4.78 is 5.61. The first-order valence-corrected chi connectivity index (χ1v) is 10.7. The van der Waals surface area contributed by atoms with Gasteiger partial charge in [0, 0.05) is 10.5 Å². The molecule has 0 saturated carbocycles. The van der Waals surface area contributed by atoms with Crippen LogP contribution >= 0.6 is 11.8 Å². The van der Waals surface area contributed by atoms with Crippen molar-refractivity contribution in [3.8, 4) is 0 Å². The van der Waals surface area contributed by atoms with Crippen LogP contribution in [0.3, 0.4) is 0 Å². The molecule has 3 heteroatoms. The highest BCUT2D eigenvalue weighted by molar-refractivity contribution is 8.00. The van der Waals surface area contributed by atoms with E-state index in [1.165, 1.54) is 44.1 Å². The number of carbonyl (C=O) groups excluding carboxylic acids is 1. The molecule has 1 unspecified atom stereocenters. The SMILES string of the molecule is CC1=CCC(C(C)(C)SCCC(=O)OCCCCCC(C)C)CC1. The van der Waals surface area contributed by atoms with Crippen LogP contribution in [-0.2, 0) is 9.53 Å². The number of hydrogen-bond donors (Lipinski definition) is 0. The van der Waals surface area contributed by atoms with Crippen LogP contribution in [0.5, 0.6) is 0 Å². The molecule has 0 aliphatic heterocycles. The summed E-state index contributed by atoms with van der Waals surface area (Å²) in [6, 6.07) is 0. The van der Waals surface area contributed by atoms with Gasteiger partial charge in [-0.3, -0.25) is 4.79 Å². The maximum atomic E-state index is 11.8. The fraction of sp³-hybridized carbons (Fsp3) is 0.857. The third-order valence-corrected chi connectivity index (χ3v) is 6.58. The molecule has 1 atom stereocenters. The molecule has 1 aliphatic carbocycles. The summed E-state index contributed by atoms with van der Waals surface area (Å²) in [5, 5.41) is 0. The van der Waals surface area contributed by atoms with E-state index < -0.39 is 0 Å². The summed E-state index contributed by atoms with van der Waals surface area (Å²) in [5.74, 6) is 2.35. The van der Waals surface area contributed by atoms with Gasteiger partial charge >= 0.3 is 5.97 Å². The average Bonchev–Trinajstić information content (AvgIpc) is 2.50. The van der Waals surface area contributed by atoms with E-state index in [4.69, 9.17) is 4.74 Å². The lowest BCUT2D eigenvalue weighted by Gasteiger charge is -2.35. The quantitative estimate of drug-likeness (QED) is 0.244. The van der Waals surface area contributed by atoms with Gasteiger partial charge in [-0.2, -0.15) is 11.8 Å². The van der Waals surface area contributed by atoms with Gasteiger partial charge in [-0.1, -0.05) is 58.6 Å². The predicted molar refractivity (Wildman–Crippen MR) is 107 cm³/mol. The minimum Gasteiger partial charge on any atom is -0.466 e. The fourth-order valence-electron chi connectivity index (χ4n) is 3.20. The molecule has 0 bridgehead atoms. The molecule has 0 N–H and O–H groups in total. The van der Waals surface area contributed by atoms with E-state index in [1.807, 2.05) is 11.8 Å². The molecule has 0 aromatic carbocycles. The molecule has 0 saturated heterocycles. The van der Waals surface area contributed by atoms with Crippen molar-refractivity contribution in [1.29, 1.82) is 0 Å². The zero-order chi connectivity index (χ0) is 18.0. The van der Waals surface area contributed by atoms with Crippen molar-refractivity contribution in [2.45, 2.75) is 90.7 Å². The van der Waals surface area contributed by atoms with Gasteiger partial charge in [-0.25, -0.2) is 0 Å². The number of unbranched alkanes of at least 4 members (excludes halogenated alkanes) is 2. The minimum absolute atomic E-state index is 0.0263. The van der Waals surface area contributed by atoms with Crippen molar-refractivity contribution in [3.63, 3.8) is 0 Å². The van der Waals surface area contributed by atoms with Crippen LogP contribution in [0.4, 0.5) is 0 Å². The number of ether oxygens (including phenoxy) is 1. The highest BCUT2D eigenvalue weighted by atomic mass is 32.2. The van der Waals surface area contributed by atoms with Crippen LogP contribution in [0.1, 0.15) is 86.0 Å². The molecule has 0 aromatic heterocycles. The van der Waals surface area contributed by atoms with Gasteiger partial charge < -0.3 is 4.74 Å². The van der Waals surface area contributed by atoms with Gasteiger partial charge in [0.05, 0.1) is 13.0 Å². The van der Waals surface area contributed by atoms with Crippen LogP contribution in [0, 0.1) is 11.8 Å². The fourth-order valence-corrected chi connectivity index (χ4v) is 4.45. The highest BCUT2D eigenvalue weighted by Gasteiger charge is 2.30. The molecule has 0 radical (unpaired) electrons. The van der Waals surface area contributed by atoms with Gasteiger partial charge in [0.2, 0.25) is 0 Å². The summed E-state index contributed by atoms with van der Waals surface area (Å²) in [5.41, 5.74) is 1.53. The molecule has 0 spiro atoms. The van der Waals surface area contributed by atoms with Crippen LogP contribution in [0.2, 0.25) is 0 Å². The normalized spacial score (nSPS) is 18.6. The van der Waals surface area contributed by atoms with Crippen LogP contribution in [0.25, 0.3) is 0 Å². The van der Waals surface area contributed by atoms with E-state index >= 15 is 0 Å². The Morgan fingerprint density at radius 1 is 1.33 bits per heavy atom. The number of carbonyl (C=O) groups is 1. The van der Waals surface area contributed by atoms with Crippen molar-refractivity contribution in [3.05, 3.63) is 11.6 Å². The van der Waals surface area contributed by atoms with Crippen molar-refractivity contribution < 1.29 is 9.53 Å². The predicted octanol–water partition coefficient (Wildman–Crippen LogP) is 6.39. The lowest BCUT2D eigenvalue weighted by molar-refractivity contribution is -0.143. The molecule has 24 heavy (non-hydrogen) atoms.